The maximum absolute atomic E-state index is 13.3. The van der Waals surface area contributed by atoms with E-state index >= 15 is 0 Å². The second kappa shape index (κ2) is 15.1. The number of phenols is 2. The molecule has 4 rings (SSSR count). The maximum Gasteiger partial charge on any atom is 2.00 e. The summed E-state index contributed by atoms with van der Waals surface area (Å²) in [7, 11) is 0. The van der Waals surface area contributed by atoms with Crippen LogP contribution in [0.3, 0.4) is 0 Å². The topological polar surface area (TPSA) is 222 Å². The van der Waals surface area contributed by atoms with Gasteiger partial charge in [-0.2, -0.15) is 0 Å². The predicted molar refractivity (Wildman–Crippen MR) is 167 cm³/mol. The van der Waals surface area contributed by atoms with Crippen molar-refractivity contribution in [1.82, 2.24) is 9.80 Å². The number of carboxylic acids is 4. The van der Waals surface area contributed by atoms with Gasteiger partial charge in [-0.3, -0.25) is 29.0 Å². The first-order valence-electron chi connectivity index (χ1n) is 13.9. The molecule has 47 heavy (non-hydrogen) atoms. The van der Waals surface area contributed by atoms with E-state index in [-0.39, 0.29) is 81.9 Å². The van der Waals surface area contributed by atoms with Gasteiger partial charge >= 0.3 is 67.6 Å². The van der Waals surface area contributed by atoms with Crippen LogP contribution in [-0.2, 0) is 42.6 Å². The van der Waals surface area contributed by atoms with Crippen molar-refractivity contribution in [2.24, 2.45) is 0 Å². The molecule has 0 saturated heterocycles. The Hall–Kier alpha value is -4.21. The fourth-order valence-electron chi connectivity index (χ4n) is 5.75. The van der Waals surface area contributed by atoms with Gasteiger partial charge in [0.05, 0.1) is 31.7 Å². The number of nitrogens with zero attached hydrogens (tertiary/aromatic N) is 2. The third kappa shape index (κ3) is 8.21. The summed E-state index contributed by atoms with van der Waals surface area (Å²) in [5.74, 6) is -6.26. The number of hydrogen-bond acceptors (Lipinski definition) is 10. The Balaban J connectivity index is 0.00000400. The Kier molecular flexibility index (Phi) is 12.0. The first kappa shape index (κ1) is 37.2. The van der Waals surface area contributed by atoms with E-state index in [0.717, 1.165) is 9.80 Å². The van der Waals surface area contributed by atoms with E-state index < -0.39 is 61.6 Å². The Morgan fingerprint density at radius 3 is 1.47 bits per heavy atom. The maximum atomic E-state index is 13.3. The van der Waals surface area contributed by atoms with Crippen molar-refractivity contribution in [3.8, 4) is 11.5 Å². The number of ether oxygens (including phenoxy) is 1. The molecule has 1 heterocycles. The van der Waals surface area contributed by atoms with Crippen LogP contribution in [0.4, 0.5) is 0 Å². The SMILES string of the molecule is Cc1cc(C2(c3cc(C)c(O)c(CN(CC(=O)O)CC(=O)O)c3)OC(=O)c3ccccc32)cc(CN(CC(=O)O)CC(=O)O)c1O.[Ca+2].[H-].[H-]. The number of phenolic OH excluding ortho intramolecular Hbond substituents is 2. The zero-order chi connectivity index (χ0) is 33.9. The standard InChI is InChI=1S/C32H32N2O12.Ca.2H/c1-17-7-21(9-19(29(17)43)11-33(13-25(35)36)14-26(37)38)32(24-6-4-3-5-23(24)31(45)46-32)22-8-18(2)30(44)20(10-22)12-34(15-27(39)40)16-28(41)42;;;/h3-10,43-44H,11-16H2,1-2H3,(H,35,36)(H,37,38)(H,39,40)(H,41,42);;;/q;+2;2*-1. The molecule has 0 radical (unpaired) electrons. The Labute approximate surface area is 301 Å². The third-order valence-electron chi connectivity index (χ3n) is 7.57. The predicted octanol–water partition coefficient (Wildman–Crippen LogP) is 1.96. The van der Waals surface area contributed by atoms with Gasteiger partial charge in [0.2, 0.25) is 0 Å². The molecule has 0 aromatic heterocycles. The monoisotopic (exact) mass is 678 g/mol. The molecule has 0 unspecified atom stereocenters. The number of aryl methyl sites for hydroxylation is 2. The van der Waals surface area contributed by atoms with Gasteiger partial charge in [-0.1, -0.05) is 18.2 Å². The quantitative estimate of drug-likeness (QED) is 0.106. The largest absolute Gasteiger partial charge is 2.00 e. The van der Waals surface area contributed by atoms with Crippen molar-refractivity contribution < 1.29 is 62.2 Å². The molecule has 0 aliphatic carbocycles. The van der Waals surface area contributed by atoms with E-state index in [1.54, 1.807) is 50.2 Å². The van der Waals surface area contributed by atoms with E-state index in [0.29, 0.717) is 27.8 Å². The number of aliphatic carboxylic acids is 4. The summed E-state index contributed by atoms with van der Waals surface area (Å²) in [5.41, 5.74) is 0.459. The van der Waals surface area contributed by atoms with Crippen molar-refractivity contribution in [2.45, 2.75) is 32.5 Å². The number of carbonyl (C=O) groups excluding carboxylic acids is 1. The van der Waals surface area contributed by atoms with E-state index in [1.165, 1.54) is 12.1 Å². The second-order valence-corrected chi connectivity index (χ2v) is 11.1. The van der Waals surface area contributed by atoms with Crippen LogP contribution in [-0.4, -0.2) is 134 Å². The van der Waals surface area contributed by atoms with Gasteiger partial charge in [-0.15, -0.1) is 0 Å². The molecule has 3 aromatic carbocycles. The van der Waals surface area contributed by atoms with Gasteiger partial charge in [-0.05, 0) is 55.3 Å². The molecule has 0 spiro atoms. The average molecular weight is 679 g/mol. The van der Waals surface area contributed by atoms with Crippen LogP contribution >= 0.6 is 0 Å². The first-order chi connectivity index (χ1) is 21.6. The summed E-state index contributed by atoms with van der Waals surface area (Å²) in [6.45, 7) is 0.0158. The number of benzene rings is 3. The molecule has 0 amide bonds. The second-order valence-electron chi connectivity index (χ2n) is 11.1. The number of esters is 1. The van der Waals surface area contributed by atoms with E-state index in [4.69, 9.17) is 4.74 Å². The van der Waals surface area contributed by atoms with Crippen molar-refractivity contribution in [1.29, 1.82) is 0 Å². The number of cyclic esters (lactones) is 1. The number of aromatic hydroxyl groups is 2. The zero-order valence-electron chi connectivity index (χ0n) is 27.6. The van der Waals surface area contributed by atoms with E-state index in [9.17, 15) is 54.6 Å². The van der Waals surface area contributed by atoms with Crippen LogP contribution in [0.5, 0.6) is 11.5 Å². The summed E-state index contributed by atoms with van der Waals surface area (Å²) in [5, 5.41) is 59.3. The normalized spacial score (nSPS) is 13.1. The average Bonchev–Trinajstić information content (AvgIpc) is 3.25. The number of rotatable bonds is 14. The summed E-state index contributed by atoms with van der Waals surface area (Å²) in [6.07, 6.45) is 0. The smallest absolute Gasteiger partial charge is 1.00 e. The van der Waals surface area contributed by atoms with Crippen molar-refractivity contribution >= 4 is 67.6 Å². The molecule has 0 saturated carbocycles. The molecule has 0 fully saturated rings. The van der Waals surface area contributed by atoms with Crippen LogP contribution < -0.4 is 0 Å². The molecular weight excluding hydrogens is 644 g/mol. The van der Waals surface area contributed by atoms with Crippen molar-refractivity contribution in [3.63, 3.8) is 0 Å². The summed E-state index contributed by atoms with van der Waals surface area (Å²) in [4.78, 5) is 61.4. The van der Waals surface area contributed by atoms with Crippen molar-refractivity contribution in [3.05, 3.63) is 93.0 Å². The van der Waals surface area contributed by atoms with Gasteiger partial charge < -0.3 is 38.2 Å². The zero-order valence-corrected chi connectivity index (χ0v) is 27.8. The van der Waals surface area contributed by atoms with Gasteiger partial charge in [0.1, 0.15) is 11.5 Å². The van der Waals surface area contributed by atoms with Crippen LogP contribution in [0, 0.1) is 13.8 Å². The molecule has 14 nitrogen and oxygen atoms in total. The van der Waals surface area contributed by atoms with Gasteiger partial charge in [0, 0.05) is 40.9 Å². The first-order valence-corrected chi connectivity index (χ1v) is 13.9. The molecule has 6 N–H and O–H groups in total. The van der Waals surface area contributed by atoms with Crippen LogP contribution in [0.25, 0.3) is 0 Å². The minimum atomic E-state index is -1.71. The molecule has 1 aliphatic rings. The number of carbonyl (C=O) groups is 5. The molecule has 15 heteroatoms. The Morgan fingerprint density at radius 1 is 0.702 bits per heavy atom. The minimum absolute atomic E-state index is 0. The van der Waals surface area contributed by atoms with Gasteiger partial charge in [-0.25, -0.2) is 4.79 Å². The molecule has 0 atom stereocenters. The van der Waals surface area contributed by atoms with E-state index in [1.807, 2.05) is 0 Å². The number of carboxylic acid groups (broad SMARTS) is 4. The Morgan fingerprint density at radius 2 is 1.09 bits per heavy atom. The van der Waals surface area contributed by atoms with E-state index in [2.05, 4.69) is 0 Å². The Bertz CT molecular complexity index is 1630. The van der Waals surface area contributed by atoms with Crippen LogP contribution in [0.1, 0.15) is 52.2 Å². The molecular formula is C32H34CaN2O12. The van der Waals surface area contributed by atoms with Crippen LogP contribution in [0.15, 0.2) is 48.5 Å². The third-order valence-corrected chi connectivity index (χ3v) is 7.57. The van der Waals surface area contributed by atoms with Crippen LogP contribution in [0.2, 0.25) is 0 Å². The fraction of sp³-hybridized carbons (Fsp3) is 0.281. The molecule has 3 aromatic rings. The van der Waals surface area contributed by atoms with Crippen molar-refractivity contribution in [2.75, 3.05) is 26.2 Å². The molecule has 246 valence electrons. The summed E-state index contributed by atoms with van der Waals surface area (Å²) < 4.78 is 6.15. The number of fused-ring (bicyclic) bond motifs is 1. The minimum Gasteiger partial charge on any atom is -1.00 e. The van der Waals surface area contributed by atoms with Gasteiger partial charge in [0.25, 0.3) is 0 Å². The van der Waals surface area contributed by atoms with Gasteiger partial charge in [0.15, 0.2) is 5.60 Å². The fourth-order valence-corrected chi connectivity index (χ4v) is 5.75. The molecule has 0 bridgehead atoms. The summed E-state index contributed by atoms with van der Waals surface area (Å²) >= 11 is 0. The molecule has 1 aliphatic heterocycles. The number of hydrogen-bond donors (Lipinski definition) is 6. The summed E-state index contributed by atoms with van der Waals surface area (Å²) in [6, 6.07) is 12.6.